The van der Waals surface area contributed by atoms with Gasteiger partial charge < -0.3 is 0 Å². The van der Waals surface area contributed by atoms with Crippen LogP contribution in [0.15, 0.2) is 0 Å². The first-order valence-corrected chi connectivity index (χ1v) is 3.77. The molecule has 1 rings (SSSR count). The summed E-state index contributed by atoms with van der Waals surface area (Å²) in [7, 11) is 0. The molecule has 9 heavy (non-hydrogen) atoms. The van der Waals surface area contributed by atoms with E-state index in [-0.39, 0.29) is 7.43 Å². The maximum Gasteiger partial charge on any atom is -0.0328 e. The Labute approximate surface area is 59.7 Å². The van der Waals surface area contributed by atoms with Crippen molar-refractivity contribution in [3.05, 3.63) is 0 Å². The van der Waals surface area contributed by atoms with E-state index in [9.17, 15) is 0 Å². The first-order chi connectivity index (χ1) is 3.77. The first kappa shape index (κ1) is 9.00. The minimum absolute atomic E-state index is 0. The molecule has 0 nitrogen and oxygen atoms in total. The van der Waals surface area contributed by atoms with Gasteiger partial charge in [-0.25, -0.2) is 0 Å². The SMILES string of the molecule is C.CCC1(C)CCCC1. The van der Waals surface area contributed by atoms with E-state index in [1.54, 1.807) is 0 Å². The van der Waals surface area contributed by atoms with E-state index in [4.69, 9.17) is 0 Å². The second kappa shape index (κ2) is 3.24. The minimum atomic E-state index is 0. The molecule has 0 heterocycles. The smallest absolute Gasteiger partial charge is 0.0328 e. The molecule has 0 unspecified atom stereocenters. The third-order valence-electron chi connectivity index (χ3n) is 2.66. The summed E-state index contributed by atoms with van der Waals surface area (Å²) in [6.45, 7) is 4.73. The zero-order valence-electron chi connectivity index (χ0n) is 6.04. The highest BCUT2D eigenvalue weighted by Crippen LogP contribution is 2.39. The molecule has 1 saturated carbocycles. The largest absolute Gasteiger partial charge is 0.0776 e. The lowest BCUT2D eigenvalue weighted by Crippen LogP contribution is -2.07. The fourth-order valence-electron chi connectivity index (χ4n) is 1.58. The summed E-state index contributed by atoms with van der Waals surface area (Å²) in [5.74, 6) is 0. The molecule has 0 N–H and O–H groups in total. The lowest BCUT2D eigenvalue weighted by atomic mass is 9.86. The molecule has 0 amide bonds. The molecule has 0 radical (unpaired) electrons. The molecule has 56 valence electrons. The lowest BCUT2D eigenvalue weighted by Gasteiger charge is -2.19. The predicted octanol–water partition coefficient (Wildman–Crippen LogP) is 3.61. The van der Waals surface area contributed by atoms with Crippen LogP contribution in [0, 0.1) is 5.41 Å². The predicted molar refractivity (Wildman–Crippen MR) is 43.6 cm³/mol. The quantitative estimate of drug-likeness (QED) is 0.506. The summed E-state index contributed by atoms with van der Waals surface area (Å²) < 4.78 is 0. The van der Waals surface area contributed by atoms with E-state index in [1.165, 1.54) is 32.1 Å². The average Bonchev–Trinajstić information content (AvgIpc) is 2.17. The van der Waals surface area contributed by atoms with Crippen LogP contribution >= 0.6 is 0 Å². The van der Waals surface area contributed by atoms with Crippen LogP contribution in [-0.2, 0) is 0 Å². The van der Waals surface area contributed by atoms with E-state index < -0.39 is 0 Å². The Bertz CT molecular complexity index is 68.1. The van der Waals surface area contributed by atoms with E-state index in [2.05, 4.69) is 13.8 Å². The molecule has 1 aliphatic carbocycles. The van der Waals surface area contributed by atoms with Crippen LogP contribution < -0.4 is 0 Å². The van der Waals surface area contributed by atoms with Gasteiger partial charge in [-0.2, -0.15) is 0 Å². The topological polar surface area (TPSA) is 0 Å². The summed E-state index contributed by atoms with van der Waals surface area (Å²) in [4.78, 5) is 0. The molecular formula is C9H20. The van der Waals surface area contributed by atoms with E-state index >= 15 is 0 Å². The van der Waals surface area contributed by atoms with Gasteiger partial charge >= 0.3 is 0 Å². The molecule has 0 bridgehead atoms. The van der Waals surface area contributed by atoms with Gasteiger partial charge in [0.15, 0.2) is 0 Å². The van der Waals surface area contributed by atoms with Crippen molar-refractivity contribution in [2.75, 3.05) is 0 Å². The molecule has 1 aliphatic rings. The third kappa shape index (κ3) is 2.00. The van der Waals surface area contributed by atoms with Crippen LogP contribution in [-0.4, -0.2) is 0 Å². The van der Waals surface area contributed by atoms with E-state index in [0.717, 1.165) is 5.41 Å². The normalized spacial score (nSPS) is 23.3. The molecule has 0 aromatic heterocycles. The maximum absolute atomic E-state index is 2.42. The summed E-state index contributed by atoms with van der Waals surface area (Å²) in [6.07, 6.45) is 7.29. The zero-order valence-corrected chi connectivity index (χ0v) is 6.04. The van der Waals surface area contributed by atoms with Crippen LogP contribution in [0.1, 0.15) is 53.4 Å². The van der Waals surface area contributed by atoms with Crippen LogP contribution in [0.3, 0.4) is 0 Å². The van der Waals surface area contributed by atoms with Gasteiger partial charge in [-0.15, -0.1) is 0 Å². The number of hydrogen-bond donors (Lipinski definition) is 0. The molecule has 0 aliphatic heterocycles. The fraction of sp³-hybridized carbons (Fsp3) is 1.00. The standard InChI is InChI=1S/C8H16.CH4/c1-3-8(2)6-4-5-7-8;/h3-7H2,1-2H3;1H4. The Morgan fingerprint density at radius 3 is 1.89 bits per heavy atom. The summed E-state index contributed by atoms with van der Waals surface area (Å²) in [5.41, 5.74) is 0.736. The van der Waals surface area contributed by atoms with E-state index in [1.807, 2.05) is 0 Å². The number of hydrogen-bond acceptors (Lipinski definition) is 0. The Hall–Kier alpha value is 0. The Balaban J connectivity index is 0.000000640. The van der Waals surface area contributed by atoms with Crippen molar-refractivity contribution in [3.63, 3.8) is 0 Å². The molecule has 0 aromatic rings. The summed E-state index contributed by atoms with van der Waals surface area (Å²) >= 11 is 0. The molecular weight excluding hydrogens is 108 g/mol. The van der Waals surface area contributed by atoms with Crippen molar-refractivity contribution < 1.29 is 0 Å². The summed E-state index contributed by atoms with van der Waals surface area (Å²) in [5, 5.41) is 0. The molecule has 0 spiro atoms. The third-order valence-corrected chi connectivity index (χ3v) is 2.66. The molecule has 0 heteroatoms. The fourth-order valence-corrected chi connectivity index (χ4v) is 1.58. The van der Waals surface area contributed by atoms with E-state index in [0.29, 0.717) is 0 Å². The maximum atomic E-state index is 2.42. The van der Waals surface area contributed by atoms with Crippen molar-refractivity contribution in [3.8, 4) is 0 Å². The van der Waals surface area contributed by atoms with Crippen LogP contribution in [0.4, 0.5) is 0 Å². The Kier molecular flexibility index (Phi) is 3.24. The van der Waals surface area contributed by atoms with Crippen LogP contribution in [0.25, 0.3) is 0 Å². The Morgan fingerprint density at radius 1 is 1.22 bits per heavy atom. The van der Waals surface area contributed by atoms with Crippen molar-refractivity contribution in [1.82, 2.24) is 0 Å². The number of rotatable bonds is 1. The van der Waals surface area contributed by atoms with Gasteiger partial charge in [-0.1, -0.05) is 40.5 Å². The molecule has 0 atom stereocenters. The van der Waals surface area contributed by atoms with Crippen LogP contribution in [0.5, 0.6) is 0 Å². The van der Waals surface area contributed by atoms with Crippen molar-refractivity contribution in [1.29, 1.82) is 0 Å². The minimum Gasteiger partial charge on any atom is -0.0776 e. The van der Waals surface area contributed by atoms with Crippen LogP contribution in [0.2, 0.25) is 0 Å². The average molecular weight is 128 g/mol. The van der Waals surface area contributed by atoms with Crippen molar-refractivity contribution >= 4 is 0 Å². The monoisotopic (exact) mass is 128 g/mol. The Morgan fingerprint density at radius 2 is 1.67 bits per heavy atom. The molecule has 0 aromatic carbocycles. The zero-order chi connectivity index (χ0) is 6.04. The van der Waals surface area contributed by atoms with Gasteiger partial charge in [-0.05, 0) is 18.3 Å². The van der Waals surface area contributed by atoms with Gasteiger partial charge in [0.1, 0.15) is 0 Å². The van der Waals surface area contributed by atoms with Crippen molar-refractivity contribution in [2.24, 2.45) is 5.41 Å². The van der Waals surface area contributed by atoms with Gasteiger partial charge in [0.05, 0.1) is 0 Å². The lowest BCUT2D eigenvalue weighted by molar-refractivity contribution is 0.323. The highest BCUT2D eigenvalue weighted by atomic mass is 14.3. The first-order valence-electron chi connectivity index (χ1n) is 3.77. The highest BCUT2D eigenvalue weighted by Gasteiger charge is 2.25. The highest BCUT2D eigenvalue weighted by molar-refractivity contribution is 4.78. The van der Waals surface area contributed by atoms with Gasteiger partial charge in [0.2, 0.25) is 0 Å². The second-order valence-corrected chi connectivity index (χ2v) is 3.37. The summed E-state index contributed by atoms with van der Waals surface area (Å²) in [6, 6.07) is 0. The van der Waals surface area contributed by atoms with Gasteiger partial charge in [0, 0.05) is 0 Å². The van der Waals surface area contributed by atoms with Crippen molar-refractivity contribution in [2.45, 2.75) is 53.4 Å². The van der Waals surface area contributed by atoms with Gasteiger partial charge in [-0.3, -0.25) is 0 Å². The van der Waals surface area contributed by atoms with Gasteiger partial charge in [0.25, 0.3) is 0 Å². The molecule has 1 fully saturated rings. The molecule has 0 saturated heterocycles. The second-order valence-electron chi connectivity index (χ2n) is 3.37.